The number of likely N-dealkylation sites (tertiary alicyclic amines) is 1. The second-order valence-corrected chi connectivity index (χ2v) is 14.5. The molecule has 244 valence electrons. The molecule has 2 aromatic carbocycles. The van der Waals surface area contributed by atoms with Gasteiger partial charge in [-0.1, -0.05) is 31.2 Å². The highest BCUT2D eigenvalue weighted by Crippen LogP contribution is 2.40. The fourth-order valence-corrected chi connectivity index (χ4v) is 6.68. The summed E-state index contributed by atoms with van der Waals surface area (Å²) in [6.45, 7) is 12.4. The molecule has 0 radical (unpaired) electrons. The SMILES string of the molecule is CCCS(=O)(=O)Nc1c(C)ccc2c(Oc3ncccc3-c3ccnc(NC4CCCN(C(=O)OC(C)(C)C)C4)n3)c(C)ccc12. The lowest BCUT2D eigenvalue weighted by Crippen LogP contribution is -2.47. The number of nitrogens with zero attached hydrogens (tertiary/aromatic N) is 4. The molecule has 1 unspecified atom stereocenters. The summed E-state index contributed by atoms with van der Waals surface area (Å²) in [7, 11) is -3.50. The smallest absolute Gasteiger partial charge is 0.410 e. The van der Waals surface area contributed by atoms with Crippen LogP contribution in [-0.2, 0) is 14.8 Å². The third-order valence-electron chi connectivity index (χ3n) is 7.59. The van der Waals surface area contributed by atoms with Crippen molar-refractivity contribution in [1.29, 1.82) is 0 Å². The summed E-state index contributed by atoms with van der Waals surface area (Å²) in [6, 6.07) is 13.1. The van der Waals surface area contributed by atoms with Crippen LogP contribution in [0.4, 0.5) is 16.4 Å². The minimum Gasteiger partial charge on any atom is -0.444 e. The Labute approximate surface area is 270 Å². The quantitative estimate of drug-likeness (QED) is 0.196. The van der Waals surface area contributed by atoms with Gasteiger partial charge in [-0.25, -0.2) is 28.2 Å². The molecule has 12 heteroatoms. The lowest BCUT2D eigenvalue weighted by atomic mass is 10.0. The zero-order chi connectivity index (χ0) is 33.1. The van der Waals surface area contributed by atoms with Crippen LogP contribution < -0.4 is 14.8 Å². The molecule has 3 heterocycles. The van der Waals surface area contributed by atoms with E-state index in [2.05, 4.69) is 20.0 Å². The Morgan fingerprint density at radius 2 is 1.78 bits per heavy atom. The summed E-state index contributed by atoms with van der Waals surface area (Å²) < 4.78 is 40.3. The molecule has 46 heavy (non-hydrogen) atoms. The van der Waals surface area contributed by atoms with Crippen molar-refractivity contribution in [3.63, 3.8) is 0 Å². The average Bonchev–Trinajstić information content (AvgIpc) is 2.99. The Morgan fingerprint density at radius 3 is 2.54 bits per heavy atom. The number of hydrogen-bond acceptors (Lipinski definition) is 9. The van der Waals surface area contributed by atoms with Crippen LogP contribution in [0.2, 0.25) is 0 Å². The summed E-state index contributed by atoms with van der Waals surface area (Å²) in [5.74, 6) is 1.40. The number of fused-ring (bicyclic) bond motifs is 1. The van der Waals surface area contributed by atoms with E-state index in [1.54, 1.807) is 23.4 Å². The van der Waals surface area contributed by atoms with Gasteiger partial charge in [-0.05, 0) is 83.2 Å². The van der Waals surface area contributed by atoms with Crippen LogP contribution in [0.5, 0.6) is 11.6 Å². The van der Waals surface area contributed by atoms with E-state index in [-0.39, 0.29) is 17.9 Å². The first-order valence-electron chi connectivity index (χ1n) is 15.6. The van der Waals surface area contributed by atoms with E-state index in [0.717, 1.165) is 34.7 Å². The predicted molar refractivity (Wildman–Crippen MR) is 181 cm³/mol. The standard InChI is InChI=1S/C34H42N6O5S/c1-7-20-46(42,43)39-29-22(2)12-15-26-25(29)14-13-23(3)30(26)44-31-27(11-8-17-35-31)28-16-18-36-32(38-28)37-24-10-9-19-40(21-24)33(41)45-34(4,5)6/h8,11-18,24,39H,7,9-10,19-21H2,1-6H3,(H,36,37,38). The molecule has 5 rings (SSSR count). The number of pyridine rings is 1. The van der Waals surface area contributed by atoms with Crippen molar-refractivity contribution in [2.24, 2.45) is 0 Å². The summed E-state index contributed by atoms with van der Waals surface area (Å²) in [6.07, 6.45) is 5.22. The molecule has 1 fully saturated rings. The number of piperidine rings is 1. The van der Waals surface area contributed by atoms with Gasteiger partial charge < -0.3 is 19.7 Å². The van der Waals surface area contributed by atoms with Crippen LogP contribution in [0.3, 0.4) is 0 Å². The maximum atomic E-state index is 12.7. The van der Waals surface area contributed by atoms with Crippen LogP contribution in [0, 0.1) is 13.8 Å². The number of ether oxygens (including phenoxy) is 2. The second kappa shape index (κ2) is 13.5. The number of nitrogens with one attached hydrogen (secondary N) is 2. The third kappa shape index (κ3) is 7.85. The Morgan fingerprint density at radius 1 is 1.02 bits per heavy atom. The molecule has 1 atom stereocenters. The van der Waals surface area contributed by atoms with Gasteiger partial charge >= 0.3 is 6.09 Å². The molecule has 1 aliphatic heterocycles. The van der Waals surface area contributed by atoms with Crippen molar-refractivity contribution >= 4 is 38.5 Å². The Bertz CT molecular complexity index is 1840. The van der Waals surface area contributed by atoms with Crippen molar-refractivity contribution in [3.05, 3.63) is 66.0 Å². The number of hydrogen-bond donors (Lipinski definition) is 2. The minimum atomic E-state index is -3.50. The molecule has 0 spiro atoms. The fourth-order valence-electron chi connectivity index (χ4n) is 5.45. The summed E-state index contributed by atoms with van der Waals surface area (Å²) in [5.41, 5.74) is 2.94. The van der Waals surface area contributed by atoms with Gasteiger partial charge in [0.25, 0.3) is 0 Å². The van der Waals surface area contributed by atoms with Crippen LogP contribution >= 0.6 is 0 Å². The highest BCUT2D eigenvalue weighted by molar-refractivity contribution is 7.92. The normalized spacial score (nSPS) is 15.4. The number of rotatable bonds is 9. The van der Waals surface area contributed by atoms with Gasteiger partial charge in [0.1, 0.15) is 11.4 Å². The van der Waals surface area contributed by atoms with Crippen molar-refractivity contribution < 1.29 is 22.7 Å². The first kappa shape index (κ1) is 32.9. The molecule has 0 saturated carbocycles. The van der Waals surface area contributed by atoms with E-state index >= 15 is 0 Å². The Kier molecular flexibility index (Phi) is 9.66. The van der Waals surface area contributed by atoms with E-state index in [9.17, 15) is 13.2 Å². The molecule has 1 aliphatic rings. The molecule has 0 bridgehead atoms. The van der Waals surface area contributed by atoms with E-state index < -0.39 is 15.6 Å². The first-order chi connectivity index (χ1) is 21.8. The van der Waals surface area contributed by atoms with Gasteiger partial charge in [-0.15, -0.1) is 0 Å². The number of aryl methyl sites for hydroxylation is 2. The Balaban J connectivity index is 1.41. The topological polar surface area (TPSA) is 136 Å². The molecular weight excluding hydrogens is 604 g/mol. The number of carbonyl (C=O) groups excluding carboxylic acids is 1. The largest absolute Gasteiger partial charge is 0.444 e. The van der Waals surface area contributed by atoms with Crippen molar-refractivity contribution in [2.45, 2.75) is 72.4 Å². The number of amides is 1. The lowest BCUT2D eigenvalue weighted by molar-refractivity contribution is 0.0206. The molecule has 1 amide bonds. The van der Waals surface area contributed by atoms with E-state index in [1.807, 2.05) is 77.9 Å². The summed E-state index contributed by atoms with van der Waals surface area (Å²) in [5, 5.41) is 4.88. The van der Waals surface area contributed by atoms with Gasteiger partial charge in [0.05, 0.1) is 22.7 Å². The zero-order valence-corrected chi connectivity index (χ0v) is 28.1. The van der Waals surface area contributed by atoms with Crippen LogP contribution in [0.1, 0.15) is 58.1 Å². The molecular formula is C34H42N6O5S. The number of aromatic nitrogens is 3. The second-order valence-electron chi connectivity index (χ2n) is 12.6. The molecule has 2 N–H and O–H groups in total. The van der Waals surface area contributed by atoms with Gasteiger partial charge in [-0.3, -0.25) is 4.72 Å². The number of carbonyl (C=O) groups is 1. The number of benzene rings is 2. The number of anilines is 2. The fraction of sp³-hybridized carbons (Fsp3) is 0.412. The third-order valence-corrected chi connectivity index (χ3v) is 9.06. The Hall–Kier alpha value is -4.45. The zero-order valence-electron chi connectivity index (χ0n) is 27.3. The van der Waals surface area contributed by atoms with Crippen LogP contribution in [-0.4, -0.2) is 64.8 Å². The van der Waals surface area contributed by atoms with E-state index in [4.69, 9.17) is 14.5 Å². The summed E-state index contributed by atoms with van der Waals surface area (Å²) >= 11 is 0. The van der Waals surface area contributed by atoms with Crippen molar-refractivity contribution in [3.8, 4) is 22.9 Å². The van der Waals surface area contributed by atoms with Crippen LogP contribution in [0.25, 0.3) is 22.0 Å². The van der Waals surface area contributed by atoms with Crippen LogP contribution in [0.15, 0.2) is 54.9 Å². The molecule has 2 aromatic heterocycles. The van der Waals surface area contributed by atoms with Gasteiger partial charge in [0.2, 0.25) is 21.9 Å². The minimum absolute atomic E-state index is 0.0353. The predicted octanol–water partition coefficient (Wildman–Crippen LogP) is 7.06. The monoisotopic (exact) mass is 646 g/mol. The lowest BCUT2D eigenvalue weighted by Gasteiger charge is -2.34. The highest BCUT2D eigenvalue weighted by Gasteiger charge is 2.28. The van der Waals surface area contributed by atoms with Crippen molar-refractivity contribution in [2.75, 3.05) is 28.9 Å². The van der Waals surface area contributed by atoms with Gasteiger partial charge in [0.15, 0.2) is 0 Å². The molecule has 0 aliphatic carbocycles. The maximum Gasteiger partial charge on any atom is 0.410 e. The van der Waals surface area contributed by atoms with E-state index in [1.165, 1.54) is 0 Å². The molecule has 4 aromatic rings. The van der Waals surface area contributed by atoms with Gasteiger partial charge in [-0.2, -0.15) is 0 Å². The first-order valence-corrected chi connectivity index (χ1v) is 17.2. The molecule has 1 saturated heterocycles. The molecule has 11 nitrogen and oxygen atoms in total. The van der Waals surface area contributed by atoms with Crippen molar-refractivity contribution in [1.82, 2.24) is 19.9 Å². The van der Waals surface area contributed by atoms with E-state index in [0.29, 0.717) is 54.0 Å². The highest BCUT2D eigenvalue weighted by atomic mass is 32.2. The maximum absolute atomic E-state index is 12.7. The van der Waals surface area contributed by atoms with Gasteiger partial charge in [0, 0.05) is 42.3 Å². The average molecular weight is 647 g/mol. The number of sulfonamides is 1. The summed E-state index contributed by atoms with van der Waals surface area (Å²) in [4.78, 5) is 28.2.